The summed E-state index contributed by atoms with van der Waals surface area (Å²) >= 11 is 1.38. The number of aryl methyl sites for hydroxylation is 1. The molecule has 78 valence electrons. The maximum absolute atomic E-state index is 11.6. The lowest BCUT2D eigenvalue weighted by Crippen LogP contribution is -2.03. The van der Waals surface area contributed by atoms with Crippen molar-refractivity contribution in [3.8, 4) is 0 Å². The third-order valence-electron chi connectivity index (χ3n) is 1.90. The summed E-state index contributed by atoms with van der Waals surface area (Å²) in [5.41, 5.74) is 0.629. The van der Waals surface area contributed by atoms with Crippen molar-refractivity contribution < 1.29 is 4.79 Å². The Bertz CT molecular complexity index is 448. The average Bonchev–Trinajstić information content (AvgIpc) is 2.85. The quantitative estimate of drug-likeness (QED) is 0.622. The largest absolute Gasteiger partial charge is 0.359 e. The fourth-order valence-corrected chi connectivity index (χ4v) is 1.89. The van der Waals surface area contributed by atoms with E-state index >= 15 is 0 Å². The minimum absolute atomic E-state index is 0.0630. The monoisotopic (exact) mass is 222 g/mol. The molecule has 0 saturated carbocycles. The maximum atomic E-state index is 11.6. The van der Waals surface area contributed by atoms with Gasteiger partial charge in [0, 0.05) is 13.2 Å². The fourth-order valence-electron chi connectivity index (χ4n) is 1.11. The summed E-state index contributed by atoms with van der Waals surface area (Å²) in [4.78, 5) is 14.5. The van der Waals surface area contributed by atoms with Crippen molar-refractivity contribution in [2.75, 3.05) is 5.75 Å². The number of Topliss-reactive ketones (excluding diaryl/α,β-unsaturated/α-hetero) is 1. The number of carbonyl (C=O) groups excluding carboxylic acids is 1. The van der Waals surface area contributed by atoms with Gasteiger partial charge in [0.2, 0.25) is 0 Å². The molecule has 0 radical (unpaired) electrons. The second-order valence-electron chi connectivity index (χ2n) is 3.02. The molecule has 0 aliphatic heterocycles. The minimum Gasteiger partial charge on any atom is -0.359 e. The second kappa shape index (κ2) is 4.31. The molecule has 0 aromatic carbocycles. The lowest BCUT2D eigenvalue weighted by molar-refractivity contribution is 0.101. The molecular formula is C9H10N4OS. The van der Waals surface area contributed by atoms with E-state index in [0.717, 1.165) is 5.16 Å². The number of H-pyrrole nitrogens is 1. The van der Waals surface area contributed by atoms with Gasteiger partial charge in [-0.1, -0.05) is 11.8 Å². The molecule has 2 heterocycles. The summed E-state index contributed by atoms with van der Waals surface area (Å²) in [5.74, 6) is 0.431. The van der Waals surface area contributed by atoms with Gasteiger partial charge in [-0.15, -0.1) is 10.2 Å². The zero-order valence-corrected chi connectivity index (χ0v) is 8.99. The third-order valence-corrected chi connectivity index (χ3v) is 2.93. The van der Waals surface area contributed by atoms with Gasteiger partial charge < -0.3 is 9.55 Å². The van der Waals surface area contributed by atoms with Crippen LogP contribution in [0.25, 0.3) is 0 Å². The molecule has 2 aromatic heterocycles. The molecule has 0 bridgehead atoms. The van der Waals surface area contributed by atoms with Gasteiger partial charge in [0.15, 0.2) is 10.9 Å². The number of thioether (sulfide) groups is 1. The SMILES string of the molecule is Cn1cnnc1SCC(=O)c1ccc[nH]1. The van der Waals surface area contributed by atoms with E-state index in [1.54, 1.807) is 29.2 Å². The highest BCUT2D eigenvalue weighted by atomic mass is 32.2. The fraction of sp³-hybridized carbons (Fsp3) is 0.222. The van der Waals surface area contributed by atoms with Crippen LogP contribution in [0, 0.1) is 0 Å². The van der Waals surface area contributed by atoms with Crippen LogP contribution in [0.2, 0.25) is 0 Å². The summed E-state index contributed by atoms with van der Waals surface area (Å²) in [5, 5.41) is 8.36. The van der Waals surface area contributed by atoms with Gasteiger partial charge in [-0.05, 0) is 12.1 Å². The first kappa shape index (κ1) is 9.97. The average molecular weight is 222 g/mol. The molecule has 0 unspecified atom stereocenters. The van der Waals surface area contributed by atoms with Crippen LogP contribution in [-0.2, 0) is 7.05 Å². The smallest absolute Gasteiger partial charge is 0.191 e. The molecular weight excluding hydrogens is 212 g/mol. The van der Waals surface area contributed by atoms with E-state index in [2.05, 4.69) is 15.2 Å². The first-order valence-corrected chi connectivity index (χ1v) is 5.39. The zero-order chi connectivity index (χ0) is 10.7. The summed E-state index contributed by atoms with van der Waals surface area (Å²) in [6.07, 6.45) is 3.35. The van der Waals surface area contributed by atoms with Crippen molar-refractivity contribution in [3.63, 3.8) is 0 Å². The number of carbonyl (C=O) groups is 1. The number of nitrogens with zero attached hydrogens (tertiary/aromatic N) is 3. The summed E-state index contributed by atoms with van der Waals surface area (Å²) in [6, 6.07) is 3.57. The summed E-state index contributed by atoms with van der Waals surface area (Å²) < 4.78 is 1.78. The minimum atomic E-state index is 0.0630. The molecule has 0 atom stereocenters. The van der Waals surface area contributed by atoms with Crippen molar-refractivity contribution in [1.82, 2.24) is 19.7 Å². The van der Waals surface area contributed by atoms with E-state index < -0.39 is 0 Å². The van der Waals surface area contributed by atoms with Crippen LogP contribution in [0.1, 0.15) is 10.5 Å². The van der Waals surface area contributed by atoms with Crippen molar-refractivity contribution in [3.05, 3.63) is 30.4 Å². The van der Waals surface area contributed by atoms with Crippen LogP contribution in [-0.4, -0.2) is 31.3 Å². The van der Waals surface area contributed by atoms with Crippen LogP contribution >= 0.6 is 11.8 Å². The Labute approximate surface area is 90.9 Å². The number of aromatic amines is 1. The van der Waals surface area contributed by atoms with E-state index in [1.807, 2.05) is 7.05 Å². The number of ketones is 1. The van der Waals surface area contributed by atoms with Crippen molar-refractivity contribution in [2.45, 2.75) is 5.16 Å². The molecule has 0 spiro atoms. The lowest BCUT2D eigenvalue weighted by Gasteiger charge is -1.98. The summed E-state index contributed by atoms with van der Waals surface area (Å²) in [7, 11) is 1.85. The normalized spacial score (nSPS) is 10.5. The molecule has 0 saturated heterocycles. The Morgan fingerprint density at radius 1 is 1.67 bits per heavy atom. The number of hydrogen-bond acceptors (Lipinski definition) is 4. The second-order valence-corrected chi connectivity index (χ2v) is 3.96. The molecule has 2 rings (SSSR count). The topological polar surface area (TPSA) is 63.6 Å². The lowest BCUT2D eigenvalue weighted by atomic mass is 10.3. The van der Waals surface area contributed by atoms with Gasteiger partial charge >= 0.3 is 0 Å². The highest BCUT2D eigenvalue weighted by Crippen LogP contribution is 2.14. The molecule has 0 fully saturated rings. The van der Waals surface area contributed by atoms with Gasteiger partial charge in [0.1, 0.15) is 6.33 Å². The number of hydrogen-bond donors (Lipinski definition) is 1. The van der Waals surface area contributed by atoms with Gasteiger partial charge in [0.25, 0.3) is 0 Å². The molecule has 15 heavy (non-hydrogen) atoms. The predicted octanol–water partition coefficient (Wildman–Crippen LogP) is 1.12. The van der Waals surface area contributed by atoms with Crippen molar-refractivity contribution in [1.29, 1.82) is 0 Å². The highest BCUT2D eigenvalue weighted by Gasteiger charge is 2.09. The van der Waals surface area contributed by atoms with Gasteiger partial charge in [-0.3, -0.25) is 4.79 Å². The molecule has 5 nitrogen and oxygen atoms in total. The summed E-state index contributed by atoms with van der Waals surface area (Å²) in [6.45, 7) is 0. The van der Waals surface area contributed by atoms with Crippen LogP contribution in [0.5, 0.6) is 0 Å². The Morgan fingerprint density at radius 2 is 2.53 bits per heavy atom. The van der Waals surface area contributed by atoms with Gasteiger partial charge in [-0.25, -0.2) is 0 Å². The maximum Gasteiger partial charge on any atom is 0.191 e. The van der Waals surface area contributed by atoms with Crippen LogP contribution in [0.4, 0.5) is 0 Å². The Morgan fingerprint density at radius 3 is 3.13 bits per heavy atom. The standard InChI is InChI=1S/C9H10N4OS/c1-13-6-11-12-9(13)15-5-8(14)7-3-2-4-10-7/h2-4,6,10H,5H2,1H3. The first-order valence-electron chi connectivity index (χ1n) is 4.41. The van der Waals surface area contributed by atoms with Gasteiger partial charge in [-0.2, -0.15) is 0 Å². The van der Waals surface area contributed by atoms with E-state index in [9.17, 15) is 4.79 Å². The van der Waals surface area contributed by atoms with Crippen LogP contribution in [0.15, 0.2) is 29.8 Å². The van der Waals surface area contributed by atoms with E-state index in [1.165, 1.54) is 11.8 Å². The molecule has 0 aliphatic carbocycles. The molecule has 1 N–H and O–H groups in total. The Kier molecular flexibility index (Phi) is 2.86. The molecule has 0 amide bonds. The first-order chi connectivity index (χ1) is 7.27. The molecule has 6 heteroatoms. The van der Waals surface area contributed by atoms with Gasteiger partial charge in [0.05, 0.1) is 11.4 Å². The number of aromatic nitrogens is 4. The van der Waals surface area contributed by atoms with Crippen molar-refractivity contribution >= 4 is 17.5 Å². The van der Waals surface area contributed by atoms with Crippen LogP contribution in [0.3, 0.4) is 0 Å². The van der Waals surface area contributed by atoms with Crippen molar-refractivity contribution in [2.24, 2.45) is 7.05 Å². The Hall–Kier alpha value is -1.56. The predicted molar refractivity (Wildman–Crippen MR) is 56.9 cm³/mol. The third kappa shape index (κ3) is 2.27. The Balaban J connectivity index is 1.95. The van der Waals surface area contributed by atoms with E-state index in [0.29, 0.717) is 11.4 Å². The molecule has 0 aliphatic rings. The zero-order valence-electron chi connectivity index (χ0n) is 8.17. The van der Waals surface area contributed by atoms with Crippen LogP contribution < -0.4 is 0 Å². The molecule has 2 aromatic rings. The number of rotatable bonds is 4. The van der Waals surface area contributed by atoms with E-state index in [4.69, 9.17) is 0 Å². The highest BCUT2D eigenvalue weighted by molar-refractivity contribution is 7.99. The number of nitrogens with one attached hydrogen (secondary N) is 1. The van der Waals surface area contributed by atoms with E-state index in [-0.39, 0.29) is 5.78 Å².